The van der Waals surface area contributed by atoms with E-state index in [1.54, 1.807) is 0 Å². The van der Waals surface area contributed by atoms with Gasteiger partial charge in [0.25, 0.3) is 0 Å². The molecule has 0 atom stereocenters. The van der Waals surface area contributed by atoms with Crippen molar-refractivity contribution in [2.75, 3.05) is 26.4 Å². The fourth-order valence-electron chi connectivity index (χ4n) is 3.89. The first-order valence-electron chi connectivity index (χ1n) is 10.2. The monoisotopic (exact) mass is 414 g/mol. The van der Waals surface area contributed by atoms with Gasteiger partial charge in [-0.05, 0) is 51.4 Å². The van der Waals surface area contributed by atoms with Crippen LogP contribution in [0.5, 0.6) is 0 Å². The number of carbonyl (C=O) groups excluding carboxylic acids is 2. The second-order valence-corrected chi connectivity index (χ2v) is 7.72. The van der Waals surface area contributed by atoms with Crippen molar-refractivity contribution in [2.45, 2.75) is 51.4 Å². The molecule has 0 spiro atoms. The van der Waals surface area contributed by atoms with Crippen LogP contribution in [-0.4, -0.2) is 60.5 Å². The third-order valence-electron chi connectivity index (χ3n) is 5.76. The lowest BCUT2D eigenvalue weighted by Gasteiger charge is -2.24. The lowest BCUT2D eigenvalue weighted by atomic mass is 9.82. The van der Waals surface area contributed by atoms with Crippen LogP contribution in [0.4, 0.5) is 0 Å². The molecule has 2 N–H and O–H groups in total. The summed E-state index contributed by atoms with van der Waals surface area (Å²) >= 11 is 0. The Bertz CT molecular complexity index is 523. The van der Waals surface area contributed by atoms with Gasteiger partial charge >= 0.3 is 23.9 Å². The normalized spacial score (nSPS) is 27.0. The van der Waals surface area contributed by atoms with Crippen molar-refractivity contribution in [2.24, 2.45) is 23.7 Å². The molecule has 0 aromatic rings. The maximum atomic E-state index is 12.0. The number of aliphatic carboxylic acids is 2. The molecule has 9 heteroatoms. The maximum absolute atomic E-state index is 12.0. The van der Waals surface area contributed by atoms with Crippen molar-refractivity contribution in [3.05, 3.63) is 0 Å². The van der Waals surface area contributed by atoms with Crippen molar-refractivity contribution < 1.29 is 43.6 Å². The number of esters is 2. The Balaban J connectivity index is 1.47. The minimum absolute atomic E-state index is 0.102. The van der Waals surface area contributed by atoms with E-state index in [1.165, 1.54) is 0 Å². The average molecular weight is 414 g/mol. The lowest BCUT2D eigenvalue weighted by Crippen LogP contribution is -2.28. The molecule has 0 saturated heterocycles. The van der Waals surface area contributed by atoms with Crippen LogP contribution >= 0.6 is 0 Å². The largest absolute Gasteiger partial charge is 0.481 e. The van der Waals surface area contributed by atoms with E-state index in [0.717, 1.165) is 0 Å². The Hall–Kier alpha value is -2.16. The Labute approximate surface area is 169 Å². The summed E-state index contributed by atoms with van der Waals surface area (Å²) in [6, 6.07) is 0. The molecule has 2 aliphatic carbocycles. The first kappa shape index (κ1) is 23.1. The number of hydrogen-bond acceptors (Lipinski definition) is 7. The minimum atomic E-state index is -0.807. The zero-order chi connectivity index (χ0) is 21.2. The molecule has 0 amide bonds. The molecule has 0 aromatic heterocycles. The van der Waals surface area contributed by atoms with Gasteiger partial charge in [0.05, 0.1) is 36.9 Å². The summed E-state index contributed by atoms with van der Waals surface area (Å²) in [6.07, 6.45) is 4.09. The molecule has 2 aliphatic rings. The summed E-state index contributed by atoms with van der Waals surface area (Å²) in [7, 11) is 0. The Morgan fingerprint density at radius 1 is 0.552 bits per heavy atom. The van der Waals surface area contributed by atoms with E-state index in [1.807, 2.05) is 0 Å². The number of ether oxygens (including phenoxy) is 3. The SMILES string of the molecule is O=C(O)[C@H]1CC[C@@H](C(=O)OCCOCCOC(=O)[C@H]2CC[C@@H](C(=O)O)CC2)CC1. The van der Waals surface area contributed by atoms with Gasteiger partial charge in [0, 0.05) is 0 Å². The van der Waals surface area contributed by atoms with Crippen LogP contribution in [0.3, 0.4) is 0 Å². The van der Waals surface area contributed by atoms with Crippen LogP contribution in [0.1, 0.15) is 51.4 Å². The van der Waals surface area contributed by atoms with Crippen LogP contribution < -0.4 is 0 Å². The molecule has 0 unspecified atom stereocenters. The molecule has 164 valence electrons. The Kier molecular flexibility index (Phi) is 9.37. The number of carbonyl (C=O) groups is 4. The topological polar surface area (TPSA) is 136 Å². The van der Waals surface area contributed by atoms with Crippen molar-refractivity contribution >= 4 is 23.9 Å². The second-order valence-electron chi connectivity index (χ2n) is 7.72. The molecule has 2 fully saturated rings. The first-order chi connectivity index (χ1) is 13.9. The Morgan fingerprint density at radius 2 is 0.862 bits per heavy atom. The molecule has 0 aliphatic heterocycles. The first-order valence-corrected chi connectivity index (χ1v) is 10.2. The number of hydrogen-bond donors (Lipinski definition) is 2. The van der Waals surface area contributed by atoms with Crippen LogP contribution in [0.2, 0.25) is 0 Å². The maximum Gasteiger partial charge on any atom is 0.309 e. The number of carboxylic acids is 2. The third kappa shape index (κ3) is 7.64. The van der Waals surface area contributed by atoms with Gasteiger partial charge in [-0.1, -0.05) is 0 Å². The zero-order valence-corrected chi connectivity index (χ0v) is 16.5. The van der Waals surface area contributed by atoms with Gasteiger partial charge in [-0.25, -0.2) is 0 Å². The standard InChI is InChI=1S/C20H30O9/c21-17(22)13-1-5-15(6-2-13)19(25)28-11-9-27-10-12-29-20(26)16-7-3-14(4-8-16)18(23)24/h13-16H,1-12H2,(H,21,22)(H,23,24)/t13-,14-,15+,16+. The summed E-state index contributed by atoms with van der Waals surface area (Å²) in [4.78, 5) is 45.7. The molecule has 0 radical (unpaired) electrons. The van der Waals surface area contributed by atoms with Crippen molar-refractivity contribution in [1.29, 1.82) is 0 Å². The van der Waals surface area contributed by atoms with Gasteiger partial charge in [0.1, 0.15) is 13.2 Å². The Morgan fingerprint density at radius 3 is 1.17 bits per heavy atom. The van der Waals surface area contributed by atoms with E-state index < -0.39 is 11.9 Å². The lowest BCUT2D eigenvalue weighted by molar-refractivity contribution is -0.155. The van der Waals surface area contributed by atoms with E-state index in [-0.39, 0.29) is 62.0 Å². The fourth-order valence-corrected chi connectivity index (χ4v) is 3.89. The van der Waals surface area contributed by atoms with Crippen molar-refractivity contribution in [1.82, 2.24) is 0 Å². The molecular formula is C20H30O9. The summed E-state index contributed by atoms with van der Waals surface area (Å²) in [5, 5.41) is 17.9. The van der Waals surface area contributed by atoms with Crippen LogP contribution in [-0.2, 0) is 33.4 Å². The molecular weight excluding hydrogens is 384 g/mol. The summed E-state index contributed by atoms with van der Waals surface area (Å²) < 4.78 is 15.6. The van der Waals surface area contributed by atoms with Crippen LogP contribution in [0.15, 0.2) is 0 Å². The minimum Gasteiger partial charge on any atom is -0.481 e. The summed E-state index contributed by atoms with van der Waals surface area (Å²) in [5.74, 6) is -3.47. The molecule has 29 heavy (non-hydrogen) atoms. The highest BCUT2D eigenvalue weighted by Crippen LogP contribution is 2.30. The highest BCUT2D eigenvalue weighted by molar-refractivity contribution is 5.75. The summed E-state index contributed by atoms with van der Waals surface area (Å²) in [5.41, 5.74) is 0. The molecule has 0 aromatic carbocycles. The van der Waals surface area contributed by atoms with Crippen molar-refractivity contribution in [3.8, 4) is 0 Å². The molecule has 0 heterocycles. The molecule has 2 saturated carbocycles. The fraction of sp³-hybridized carbons (Fsp3) is 0.800. The second kappa shape index (κ2) is 11.7. The van der Waals surface area contributed by atoms with Crippen LogP contribution in [0, 0.1) is 23.7 Å². The zero-order valence-electron chi connectivity index (χ0n) is 16.5. The highest BCUT2D eigenvalue weighted by atomic mass is 16.6. The molecule has 9 nitrogen and oxygen atoms in total. The van der Waals surface area contributed by atoms with Gasteiger partial charge in [-0.2, -0.15) is 0 Å². The molecule has 0 bridgehead atoms. The quantitative estimate of drug-likeness (QED) is 0.405. The van der Waals surface area contributed by atoms with E-state index in [2.05, 4.69) is 0 Å². The smallest absolute Gasteiger partial charge is 0.309 e. The highest BCUT2D eigenvalue weighted by Gasteiger charge is 2.31. The van der Waals surface area contributed by atoms with Gasteiger partial charge in [-0.3, -0.25) is 19.2 Å². The predicted octanol–water partition coefficient (Wildman–Crippen LogP) is 1.87. The summed E-state index contributed by atoms with van der Waals surface area (Å²) in [6.45, 7) is 0.588. The van der Waals surface area contributed by atoms with E-state index in [9.17, 15) is 19.2 Å². The van der Waals surface area contributed by atoms with E-state index >= 15 is 0 Å². The predicted molar refractivity (Wildman–Crippen MR) is 98.9 cm³/mol. The van der Waals surface area contributed by atoms with Gasteiger partial charge in [0.2, 0.25) is 0 Å². The number of rotatable bonds is 10. The molecule has 2 rings (SSSR count). The third-order valence-corrected chi connectivity index (χ3v) is 5.76. The average Bonchev–Trinajstić information content (AvgIpc) is 2.72. The van der Waals surface area contributed by atoms with E-state index in [0.29, 0.717) is 51.4 Å². The number of carboxylic acid groups (broad SMARTS) is 2. The van der Waals surface area contributed by atoms with Gasteiger partial charge < -0.3 is 24.4 Å². The van der Waals surface area contributed by atoms with Gasteiger partial charge in [0.15, 0.2) is 0 Å². The van der Waals surface area contributed by atoms with E-state index in [4.69, 9.17) is 24.4 Å². The van der Waals surface area contributed by atoms with Crippen LogP contribution in [0.25, 0.3) is 0 Å². The van der Waals surface area contributed by atoms with Gasteiger partial charge in [-0.15, -0.1) is 0 Å². The van der Waals surface area contributed by atoms with Crippen molar-refractivity contribution in [3.63, 3.8) is 0 Å².